The summed E-state index contributed by atoms with van der Waals surface area (Å²) in [6.07, 6.45) is 7.97. The molecule has 1 heterocycles. The molecule has 1 aromatic rings. The molecule has 0 saturated carbocycles. The van der Waals surface area contributed by atoms with Crippen molar-refractivity contribution in [3.05, 3.63) is 23.8 Å². The molecule has 152 valence electrons. The molecule has 0 radical (unpaired) electrons. The first-order valence-electron chi connectivity index (χ1n) is 10.6. The van der Waals surface area contributed by atoms with Crippen LogP contribution in [0.25, 0.3) is 0 Å². The van der Waals surface area contributed by atoms with Crippen LogP contribution in [0.3, 0.4) is 0 Å². The first-order valence-corrected chi connectivity index (χ1v) is 10.6. The lowest BCUT2D eigenvalue weighted by atomic mass is 10.1. The second kappa shape index (κ2) is 12.6. The maximum absolute atomic E-state index is 12.5. The zero-order valence-corrected chi connectivity index (χ0v) is 17.1. The van der Waals surface area contributed by atoms with E-state index in [2.05, 4.69) is 24.1 Å². The van der Waals surface area contributed by atoms with Crippen LogP contribution in [0, 0.1) is 0 Å². The Bertz CT molecular complexity index is 556. The minimum absolute atomic E-state index is 0.292. The monoisotopic (exact) mass is 376 g/mol. The molecule has 5 nitrogen and oxygen atoms in total. The number of unbranched alkanes of at least 4 members (excludes halogenated alkanes) is 1. The van der Waals surface area contributed by atoms with Crippen molar-refractivity contribution in [1.82, 2.24) is 4.90 Å². The van der Waals surface area contributed by atoms with Gasteiger partial charge in [-0.2, -0.15) is 0 Å². The fraction of sp³-hybridized carbons (Fsp3) is 0.682. The summed E-state index contributed by atoms with van der Waals surface area (Å²) in [4.78, 5) is 15.0. The average Bonchev–Trinajstić information content (AvgIpc) is 2.70. The Morgan fingerprint density at radius 2 is 1.89 bits per heavy atom. The Kier molecular flexibility index (Phi) is 10.1. The Balaban J connectivity index is 1.86. The first kappa shape index (κ1) is 21.5. The number of nitrogens with one attached hydrogen (secondary N) is 1. The van der Waals surface area contributed by atoms with Gasteiger partial charge in [-0.05, 0) is 57.3 Å². The van der Waals surface area contributed by atoms with Crippen molar-refractivity contribution in [1.29, 1.82) is 0 Å². The summed E-state index contributed by atoms with van der Waals surface area (Å²) < 4.78 is 11.3. The minimum Gasteiger partial charge on any atom is -0.493 e. The Hall–Kier alpha value is -1.75. The highest BCUT2D eigenvalue weighted by atomic mass is 16.5. The minimum atomic E-state index is -0.292. The Labute approximate surface area is 164 Å². The summed E-state index contributed by atoms with van der Waals surface area (Å²) in [5, 5.41) is 3.38. The lowest BCUT2D eigenvalue weighted by Gasteiger charge is -2.26. The molecule has 5 heteroatoms. The van der Waals surface area contributed by atoms with Gasteiger partial charge < -0.3 is 19.7 Å². The van der Waals surface area contributed by atoms with Crippen molar-refractivity contribution in [2.45, 2.75) is 58.8 Å². The van der Waals surface area contributed by atoms with Gasteiger partial charge in [0.25, 0.3) is 0 Å². The molecular formula is C22H36N2O3. The van der Waals surface area contributed by atoms with E-state index in [1.165, 1.54) is 32.4 Å². The van der Waals surface area contributed by atoms with Crippen LogP contribution in [0.5, 0.6) is 5.75 Å². The zero-order chi connectivity index (χ0) is 19.3. The number of hydrogen-bond acceptors (Lipinski definition) is 5. The number of hydrogen-bond donors (Lipinski definition) is 1. The maximum Gasteiger partial charge on any atom is 0.341 e. The molecule has 1 aromatic carbocycles. The molecule has 27 heavy (non-hydrogen) atoms. The van der Waals surface area contributed by atoms with Gasteiger partial charge in [-0.3, -0.25) is 0 Å². The van der Waals surface area contributed by atoms with Crippen molar-refractivity contribution in [3.63, 3.8) is 0 Å². The third-order valence-corrected chi connectivity index (χ3v) is 4.82. The number of nitrogens with zero attached hydrogens (tertiary/aromatic N) is 1. The predicted octanol–water partition coefficient (Wildman–Crippen LogP) is 4.72. The van der Waals surface area contributed by atoms with E-state index in [9.17, 15) is 4.79 Å². The number of carbonyl (C=O) groups excluding carboxylic acids is 1. The maximum atomic E-state index is 12.5. The number of carbonyl (C=O) groups is 1. The van der Waals surface area contributed by atoms with Gasteiger partial charge in [0.05, 0.1) is 13.2 Å². The topological polar surface area (TPSA) is 50.8 Å². The van der Waals surface area contributed by atoms with E-state index in [1.54, 1.807) is 0 Å². The standard InChI is InChI=1S/C22H36N2O3/c1-3-5-12-23-19-10-11-20(21(18-19)26-16-4-2)22(25)27-17-9-15-24-13-7-6-8-14-24/h10-11,18,23H,3-9,12-17H2,1-2H3. The molecule has 0 amide bonds. The molecule has 2 rings (SSSR count). The number of esters is 1. The molecule has 1 fully saturated rings. The summed E-state index contributed by atoms with van der Waals surface area (Å²) in [5.41, 5.74) is 1.50. The van der Waals surface area contributed by atoms with E-state index in [0.29, 0.717) is 24.5 Å². The van der Waals surface area contributed by atoms with Gasteiger partial charge in [-0.1, -0.05) is 26.7 Å². The molecule has 0 unspecified atom stereocenters. The molecule has 1 aliphatic rings. The fourth-order valence-corrected chi connectivity index (χ4v) is 3.26. The zero-order valence-electron chi connectivity index (χ0n) is 17.1. The van der Waals surface area contributed by atoms with Crippen molar-refractivity contribution in [2.24, 2.45) is 0 Å². The van der Waals surface area contributed by atoms with Crippen LogP contribution in [-0.2, 0) is 4.74 Å². The van der Waals surface area contributed by atoms with E-state index in [0.717, 1.165) is 44.5 Å². The highest BCUT2D eigenvalue weighted by molar-refractivity contribution is 5.93. The largest absolute Gasteiger partial charge is 0.493 e. The molecule has 1 aliphatic heterocycles. The summed E-state index contributed by atoms with van der Waals surface area (Å²) in [7, 11) is 0. The highest BCUT2D eigenvalue weighted by Crippen LogP contribution is 2.25. The smallest absolute Gasteiger partial charge is 0.341 e. The van der Waals surface area contributed by atoms with E-state index >= 15 is 0 Å². The molecule has 1 N–H and O–H groups in total. The van der Waals surface area contributed by atoms with Crippen LogP contribution in [0.15, 0.2) is 18.2 Å². The van der Waals surface area contributed by atoms with Gasteiger partial charge in [0.1, 0.15) is 11.3 Å². The van der Waals surface area contributed by atoms with E-state index in [4.69, 9.17) is 9.47 Å². The number of ether oxygens (including phenoxy) is 2. The number of piperidine rings is 1. The third kappa shape index (κ3) is 7.79. The fourth-order valence-electron chi connectivity index (χ4n) is 3.26. The van der Waals surface area contributed by atoms with Gasteiger partial charge in [-0.25, -0.2) is 4.79 Å². The Morgan fingerprint density at radius 3 is 2.63 bits per heavy atom. The molecular weight excluding hydrogens is 340 g/mol. The number of anilines is 1. The molecule has 0 aliphatic carbocycles. The number of benzene rings is 1. The number of likely N-dealkylation sites (tertiary alicyclic amines) is 1. The first-order chi connectivity index (χ1) is 13.2. The third-order valence-electron chi connectivity index (χ3n) is 4.82. The quantitative estimate of drug-likeness (QED) is 0.422. The lowest BCUT2D eigenvalue weighted by Crippen LogP contribution is -2.31. The van der Waals surface area contributed by atoms with E-state index < -0.39 is 0 Å². The highest BCUT2D eigenvalue weighted by Gasteiger charge is 2.16. The Morgan fingerprint density at radius 1 is 1.07 bits per heavy atom. The van der Waals surface area contributed by atoms with Crippen LogP contribution in [0.4, 0.5) is 5.69 Å². The lowest BCUT2D eigenvalue weighted by molar-refractivity contribution is 0.0481. The van der Waals surface area contributed by atoms with Gasteiger partial charge in [0.15, 0.2) is 0 Å². The summed E-state index contributed by atoms with van der Waals surface area (Å²) in [6.45, 7) is 9.55. The van der Waals surface area contributed by atoms with Crippen LogP contribution in [0.1, 0.15) is 69.2 Å². The van der Waals surface area contributed by atoms with Crippen LogP contribution < -0.4 is 10.1 Å². The molecule has 0 atom stereocenters. The van der Waals surface area contributed by atoms with Gasteiger partial charge in [-0.15, -0.1) is 0 Å². The summed E-state index contributed by atoms with van der Waals surface area (Å²) in [5.74, 6) is 0.319. The van der Waals surface area contributed by atoms with Gasteiger partial charge in [0.2, 0.25) is 0 Å². The molecule has 0 aromatic heterocycles. The van der Waals surface area contributed by atoms with Gasteiger partial charge >= 0.3 is 5.97 Å². The molecule has 1 saturated heterocycles. The van der Waals surface area contributed by atoms with Gasteiger partial charge in [0, 0.05) is 24.8 Å². The van der Waals surface area contributed by atoms with Crippen molar-refractivity contribution in [2.75, 3.05) is 44.7 Å². The number of rotatable bonds is 12. The van der Waals surface area contributed by atoms with Crippen LogP contribution in [0.2, 0.25) is 0 Å². The van der Waals surface area contributed by atoms with E-state index in [1.807, 2.05) is 18.2 Å². The van der Waals surface area contributed by atoms with E-state index in [-0.39, 0.29) is 5.97 Å². The second-order valence-electron chi connectivity index (χ2n) is 7.23. The molecule has 0 bridgehead atoms. The SMILES string of the molecule is CCCCNc1ccc(C(=O)OCCCN2CCCCC2)c(OCCC)c1. The van der Waals surface area contributed by atoms with Crippen LogP contribution in [-0.4, -0.2) is 50.3 Å². The normalized spacial score (nSPS) is 14.7. The van der Waals surface area contributed by atoms with Crippen LogP contribution >= 0.6 is 0 Å². The average molecular weight is 377 g/mol. The van der Waals surface area contributed by atoms with Crippen molar-refractivity contribution >= 4 is 11.7 Å². The molecule has 0 spiro atoms. The summed E-state index contributed by atoms with van der Waals surface area (Å²) >= 11 is 0. The van der Waals surface area contributed by atoms with Crippen molar-refractivity contribution in [3.8, 4) is 5.75 Å². The predicted molar refractivity (Wildman–Crippen MR) is 111 cm³/mol. The second-order valence-corrected chi connectivity index (χ2v) is 7.23. The summed E-state index contributed by atoms with van der Waals surface area (Å²) in [6, 6.07) is 5.65. The van der Waals surface area contributed by atoms with Crippen molar-refractivity contribution < 1.29 is 14.3 Å².